The molecule has 19 heavy (non-hydrogen) atoms. The van der Waals surface area contributed by atoms with Crippen LogP contribution in [-0.4, -0.2) is 22.5 Å². The van der Waals surface area contributed by atoms with Gasteiger partial charge >= 0.3 is 17.5 Å². The Labute approximate surface area is 106 Å². The number of benzene rings is 1. The van der Waals surface area contributed by atoms with E-state index in [1.165, 1.54) is 0 Å². The number of hydrogen-bond donors (Lipinski definition) is 2. The molecule has 0 spiro atoms. The SMILES string of the molecule is CCOC(=O)Nc1cc([N+](=O)[O-])c(N)c([N+](=O)[O-])c1. The van der Waals surface area contributed by atoms with E-state index in [0.717, 1.165) is 12.1 Å². The van der Waals surface area contributed by atoms with E-state index in [1.807, 2.05) is 0 Å². The van der Waals surface area contributed by atoms with Crippen LogP contribution < -0.4 is 11.1 Å². The number of hydrogen-bond acceptors (Lipinski definition) is 7. The lowest BCUT2D eigenvalue weighted by molar-refractivity contribution is -0.392. The number of nitrogen functional groups attached to an aromatic ring is 1. The van der Waals surface area contributed by atoms with Crippen molar-refractivity contribution in [3.63, 3.8) is 0 Å². The fourth-order valence-corrected chi connectivity index (χ4v) is 1.28. The van der Waals surface area contributed by atoms with Crippen molar-refractivity contribution in [1.29, 1.82) is 0 Å². The number of nitrogens with zero attached hydrogens (tertiary/aromatic N) is 2. The minimum Gasteiger partial charge on any atom is -0.450 e. The third kappa shape index (κ3) is 3.28. The number of nitrogens with one attached hydrogen (secondary N) is 1. The summed E-state index contributed by atoms with van der Waals surface area (Å²) < 4.78 is 4.56. The highest BCUT2D eigenvalue weighted by molar-refractivity contribution is 5.88. The Kier molecular flexibility index (Phi) is 4.19. The summed E-state index contributed by atoms with van der Waals surface area (Å²) in [7, 11) is 0. The number of amides is 1. The predicted octanol–water partition coefficient (Wildman–Crippen LogP) is 1.65. The number of nitro benzene ring substituents is 2. The molecular weight excluding hydrogens is 260 g/mol. The van der Waals surface area contributed by atoms with E-state index in [0.29, 0.717) is 0 Å². The summed E-state index contributed by atoms with van der Waals surface area (Å²) in [4.78, 5) is 30.8. The maximum absolute atomic E-state index is 11.2. The highest BCUT2D eigenvalue weighted by Gasteiger charge is 2.24. The zero-order valence-electron chi connectivity index (χ0n) is 9.78. The molecule has 1 aromatic carbocycles. The largest absolute Gasteiger partial charge is 0.450 e. The Morgan fingerprint density at radius 1 is 1.32 bits per heavy atom. The van der Waals surface area contributed by atoms with Gasteiger partial charge in [0.05, 0.1) is 22.1 Å². The molecule has 0 fully saturated rings. The van der Waals surface area contributed by atoms with Gasteiger partial charge in [0.25, 0.3) is 0 Å². The summed E-state index contributed by atoms with van der Waals surface area (Å²) in [6, 6.07) is 1.83. The van der Waals surface area contributed by atoms with Crippen LogP contribution in [0.2, 0.25) is 0 Å². The number of anilines is 2. The summed E-state index contributed by atoms with van der Waals surface area (Å²) in [5, 5.41) is 23.6. The first-order chi connectivity index (χ1) is 8.86. The monoisotopic (exact) mass is 270 g/mol. The van der Waals surface area contributed by atoms with Crippen LogP contribution in [0.1, 0.15) is 6.92 Å². The van der Waals surface area contributed by atoms with Crippen molar-refractivity contribution in [2.45, 2.75) is 6.92 Å². The molecule has 1 aromatic rings. The van der Waals surface area contributed by atoms with Crippen LogP contribution in [0.3, 0.4) is 0 Å². The Balaban J connectivity index is 3.23. The minimum atomic E-state index is -0.879. The van der Waals surface area contributed by atoms with Crippen molar-refractivity contribution >= 4 is 28.8 Å². The van der Waals surface area contributed by atoms with Crippen molar-refractivity contribution in [3.8, 4) is 0 Å². The Hall–Kier alpha value is -2.91. The van der Waals surface area contributed by atoms with Crippen LogP contribution >= 0.6 is 0 Å². The van der Waals surface area contributed by atoms with Crippen molar-refractivity contribution in [3.05, 3.63) is 32.4 Å². The molecule has 0 unspecified atom stereocenters. The maximum atomic E-state index is 11.2. The Morgan fingerprint density at radius 3 is 2.16 bits per heavy atom. The lowest BCUT2D eigenvalue weighted by Gasteiger charge is -2.06. The zero-order valence-corrected chi connectivity index (χ0v) is 9.78. The highest BCUT2D eigenvalue weighted by Crippen LogP contribution is 2.34. The third-order valence-corrected chi connectivity index (χ3v) is 2.05. The van der Waals surface area contributed by atoms with Gasteiger partial charge in [0, 0.05) is 12.1 Å². The fraction of sp³-hybridized carbons (Fsp3) is 0.222. The second-order valence-corrected chi connectivity index (χ2v) is 3.29. The van der Waals surface area contributed by atoms with Gasteiger partial charge in [-0.25, -0.2) is 4.79 Å². The van der Waals surface area contributed by atoms with Gasteiger partial charge in [0.15, 0.2) is 5.69 Å². The van der Waals surface area contributed by atoms with Crippen LogP contribution in [0.5, 0.6) is 0 Å². The molecule has 0 saturated carbocycles. The Bertz CT molecular complexity index is 509. The molecule has 0 bridgehead atoms. The van der Waals surface area contributed by atoms with Crippen molar-refractivity contribution < 1.29 is 19.4 Å². The summed E-state index contributed by atoms with van der Waals surface area (Å²) in [6.07, 6.45) is -0.879. The van der Waals surface area contributed by atoms with Gasteiger partial charge in [-0.05, 0) is 6.92 Å². The van der Waals surface area contributed by atoms with Gasteiger partial charge < -0.3 is 10.5 Å². The summed E-state index contributed by atoms with van der Waals surface area (Å²) in [6.45, 7) is 1.65. The first kappa shape index (κ1) is 14.2. The fourth-order valence-electron chi connectivity index (χ4n) is 1.28. The zero-order chi connectivity index (χ0) is 14.6. The average molecular weight is 270 g/mol. The summed E-state index contributed by atoms with van der Waals surface area (Å²) in [5.74, 6) is 0. The van der Waals surface area contributed by atoms with E-state index in [9.17, 15) is 25.0 Å². The molecule has 102 valence electrons. The van der Waals surface area contributed by atoms with Crippen LogP contribution in [0.15, 0.2) is 12.1 Å². The van der Waals surface area contributed by atoms with Crippen molar-refractivity contribution in [2.75, 3.05) is 17.7 Å². The van der Waals surface area contributed by atoms with E-state index in [1.54, 1.807) is 6.92 Å². The molecule has 0 atom stereocenters. The number of nitro groups is 2. The van der Waals surface area contributed by atoms with Gasteiger partial charge in [-0.3, -0.25) is 25.5 Å². The number of nitrogens with two attached hydrogens (primary N) is 1. The standard InChI is InChI=1S/C9H10N4O6/c1-2-19-9(14)11-5-3-6(12(15)16)8(10)7(4-5)13(17)18/h3-4H,2,10H2,1H3,(H,11,14). The molecule has 0 aromatic heterocycles. The summed E-state index contributed by atoms with van der Waals surface area (Å²) >= 11 is 0. The average Bonchev–Trinajstić information content (AvgIpc) is 2.30. The number of carbonyl (C=O) groups is 1. The molecule has 0 aliphatic rings. The second kappa shape index (κ2) is 5.62. The molecule has 10 nitrogen and oxygen atoms in total. The van der Waals surface area contributed by atoms with Crippen LogP contribution in [-0.2, 0) is 4.74 Å². The van der Waals surface area contributed by atoms with Crippen molar-refractivity contribution in [1.82, 2.24) is 0 Å². The molecule has 0 saturated heterocycles. The van der Waals surface area contributed by atoms with Crippen LogP contribution in [0.25, 0.3) is 0 Å². The molecule has 0 heterocycles. The lowest BCUT2D eigenvalue weighted by Crippen LogP contribution is -2.14. The minimum absolute atomic E-state index is 0.0883. The van der Waals surface area contributed by atoms with Gasteiger partial charge in [0.2, 0.25) is 0 Å². The predicted molar refractivity (Wildman–Crippen MR) is 64.8 cm³/mol. The molecule has 1 amide bonds. The maximum Gasteiger partial charge on any atom is 0.411 e. The molecule has 10 heteroatoms. The molecular formula is C9H10N4O6. The van der Waals surface area contributed by atoms with E-state index in [4.69, 9.17) is 5.73 Å². The van der Waals surface area contributed by atoms with E-state index in [2.05, 4.69) is 10.1 Å². The summed E-state index contributed by atoms with van der Waals surface area (Å²) in [5.41, 5.74) is 3.26. The first-order valence-electron chi connectivity index (χ1n) is 5.02. The van der Waals surface area contributed by atoms with E-state index >= 15 is 0 Å². The molecule has 3 N–H and O–H groups in total. The smallest absolute Gasteiger partial charge is 0.411 e. The molecule has 0 aliphatic carbocycles. The molecule has 1 rings (SSSR count). The van der Waals surface area contributed by atoms with Gasteiger partial charge in [-0.1, -0.05) is 0 Å². The number of carbonyl (C=O) groups excluding carboxylic acids is 1. The van der Waals surface area contributed by atoms with E-state index < -0.39 is 33.0 Å². The second-order valence-electron chi connectivity index (χ2n) is 3.29. The molecule has 0 radical (unpaired) electrons. The van der Waals surface area contributed by atoms with Crippen molar-refractivity contribution in [2.24, 2.45) is 0 Å². The topological polar surface area (TPSA) is 151 Å². The van der Waals surface area contributed by atoms with Gasteiger partial charge in [0.1, 0.15) is 0 Å². The molecule has 0 aliphatic heterocycles. The Morgan fingerprint density at radius 2 is 1.79 bits per heavy atom. The third-order valence-electron chi connectivity index (χ3n) is 2.05. The quantitative estimate of drug-likeness (QED) is 0.479. The van der Waals surface area contributed by atoms with Gasteiger partial charge in [-0.15, -0.1) is 0 Å². The first-order valence-corrected chi connectivity index (χ1v) is 5.02. The van der Waals surface area contributed by atoms with Crippen LogP contribution in [0, 0.1) is 20.2 Å². The van der Waals surface area contributed by atoms with Gasteiger partial charge in [-0.2, -0.15) is 0 Å². The highest BCUT2D eigenvalue weighted by atomic mass is 16.6. The number of rotatable bonds is 4. The normalized spacial score (nSPS) is 9.74. The van der Waals surface area contributed by atoms with Crippen LogP contribution in [0.4, 0.5) is 27.5 Å². The lowest BCUT2D eigenvalue weighted by atomic mass is 10.2. The number of ether oxygens (including phenoxy) is 1. The van der Waals surface area contributed by atoms with E-state index in [-0.39, 0.29) is 12.3 Å².